The van der Waals surface area contributed by atoms with Crippen molar-refractivity contribution in [2.24, 2.45) is 0 Å². The van der Waals surface area contributed by atoms with Crippen LogP contribution in [0, 0.1) is 0 Å². The van der Waals surface area contributed by atoms with Crippen molar-refractivity contribution in [3.8, 4) is 0 Å². The van der Waals surface area contributed by atoms with Crippen molar-refractivity contribution in [2.45, 2.75) is 6.54 Å². The molecule has 1 heterocycles. The molecule has 0 saturated carbocycles. The van der Waals surface area contributed by atoms with Crippen LogP contribution in [0.15, 0.2) is 65.6 Å². The van der Waals surface area contributed by atoms with Crippen LogP contribution < -0.4 is 5.56 Å². The van der Waals surface area contributed by atoms with Gasteiger partial charge in [-0.25, -0.2) is 0 Å². The van der Waals surface area contributed by atoms with Crippen molar-refractivity contribution in [2.75, 3.05) is 0 Å². The molecule has 0 aliphatic rings. The summed E-state index contributed by atoms with van der Waals surface area (Å²) in [6, 6.07) is 17.1. The first-order valence-corrected chi connectivity index (χ1v) is 6.44. The van der Waals surface area contributed by atoms with Crippen LogP contribution in [-0.4, -0.2) is 4.57 Å². The van der Waals surface area contributed by atoms with Crippen LogP contribution >= 0.6 is 11.6 Å². The van der Waals surface area contributed by atoms with Crippen molar-refractivity contribution in [3.05, 3.63) is 81.7 Å². The van der Waals surface area contributed by atoms with Crippen LogP contribution in [0.3, 0.4) is 0 Å². The second kappa shape index (κ2) is 4.90. The number of pyridine rings is 1. The van der Waals surface area contributed by atoms with Crippen molar-refractivity contribution in [1.82, 2.24) is 4.57 Å². The quantitative estimate of drug-likeness (QED) is 0.695. The van der Waals surface area contributed by atoms with Crippen molar-refractivity contribution >= 4 is 22.4 Å². The topological polar surface area (TPSA) is 22.0 Å². The van der Waals surface area contributed by atoms with Crippen molar-refractivity contribution in [3.63, 3.8) is 0 Å². The second-order valence-corrected chi connectivity index (χ2v) is 4.88. The molecule has 0 unspecified atom stereocenters. The van der Waals surface area contributed by atoms with E-state index in [0.717, 1.165) is 16.3 Å². The zero-order valence-corrected chi connectivity index (χ0v) is 11.0. The first kappa shape index (κ1) is 12.0. The number of aromatic nitrogens is 1. The van der Waals surface area contributed by atoms with E-state index >= 15 is 0 Å². The third kappa shape index (κ3) is 2.40. The lowest BCUT2D eigenvalue weighted by Gasteiger charge is -2.08. The van der Waals surface area contributed by atoms with Gasteiger partial charge in [-0.3, -0.25) is 4.79 Å². The van der Waals surface area contributed by atoms with Gasteiger partial charge in [-0.05, 0) is 17.0 Å². The zero-order valence-electron chi connectivity index (χ0n) is 10.2. The maximum absolute atomic E-state index is 12.1. The molecule has 0 bridgehead atoms. The molecule has 3 heteroatoms. The van der Waals surface area contributed by atoms with Crippen LogP contribution in [0.1, 0.15) is 5.56 Å². The fourth-order valence-electron chi connectivity index (χ4n) is 2.15. The SMILES string of the molecule is O=c1cc2cccc(Cl)c2cn1Cc1ccccc1. The van der Waals surface area contributed by atoms with Gasteiger partial charge in [-0.1, -0.05) is 54.1 Å². The Bertz CT molecular complexity index is 778. The van der Waals surface area contributed by atoms with Gasteiger partial charge in [0.2, 0.25) is 0 Å². The van der Waals surface area contributed by atoms with E-state index in [1.165, 1.54) is 0 Å². The highest BCUT2D eigenvalue weighted by molar-refractivity contribution is 6.35. The van der Waals surface area contributed by atoms with E-state index in [-0.39, 0.29) is 5.56 Å². The molecule has 0 radical (unpaired) electrons. The minimum atomic E-state index is -0.0152. The maximum Gasteiger partial charge on any atom is 0.251 e. The average molecular weight is 270 g/mol. The lowest BCUT2D eigenvalue weighted by molar-refractivity contribution is 0.766. The van der Waals surface area contributed by atoms with E-state index in [1.807, 2.05) is 54.7 Å². The van der Waals surface area contributed by atoms with E-state index in [4.69, 9.17) is 11.6 Å². The van der Waals surface area contributed by atoms with Gasteiger partial charge in [0, 0.05) is 22.7 Å². The lowest BCUT2D eigenvalue weighted by atomic mass is 10.1. The van der Waals surface area contributed by atoms with E-state index < -0.39 is 0 Å². The molecule has 2 nitrogen and oxygen atoms in total. The highest BCUT2D eigenvalue weighted by Gasteiger charge is 2.03. The summed E-state index contributed by atoms with van der Waals surface area (Å²) in [6.45, 7) is 0.556. The monoisotopic (exact) mass is 269 g/mol. The Morgan fingerprint density at radius 1 is 1.00 bits per heavy atom. The maximum atomic E-state index is 12.1. The Morgan fingerprint density at radius 3 is 2.58 bits per heavy atom. The molecule has 0 aliphatic carbocycles. The summed E-state index contributed by atoms with van der Waals surface area (Å²) >= 11 is 6.17. The summed E-state index contributed by atoms with van der Waals surface area (Å²) in [5, 5.41) is 2.45. The van der Waals surface area contributed by atoms with Gasteiger partial charge in [0.1, 0.15) is 0 Å². The predicted molar refractivity (Wildman–Crippen MR) is 78.8 cm³/mol. The van der Waals surface area contributed by atoms with Gasteiger partial charge in [0.15, 0.2) is 0 Å². The van der Waals surface area contributed by atoms with E-state index in [0.29, 0.717) is 11.6 Å². The number of hydrogen-bond acceptors (Lipinski definition) is 1. The molecule has 0 fully saturated rings. The highest BCUT2D eigenvalue weighted by atomic mass is 35.5. The van der Waals surface area contributed by atoms with Crippen LogP contribution in [0.2, 0.25) is 5.02 Å². The Labute approximate surface area is 115 Å². The van der Waals surface area contributed by atoms with Gasteiger partial charge in [0.25, 0.3) is 5.56 Å². The third-order valence-electron chi connectivity index (χ3n) is 3.13. The zero-order chi connectivity index (χ0) is 13.2. The van der Waals surface area contributed by atoms with Crippen LogP contribution in [0.25, 0.3) is 10.8 Å². The molecule has 0 amide bonds. The third-order valence-corrected chi connectivity index (χ3v) is 3.46. The summed E-state index contributed by atoms with van der Waals surface area (Å²) in [7, 11) is 0. The smallest absolute Gasteiger partial charge is 0.251 e. The fraction of sp³-hybridized carbons (Fsp3) is 0.0625. The van der Waals surface area contributed by atoms with E-state index in [9.17, 15) is 4.79 Å². The number of halogens is 1. The van der Waals surface area contributed by atoms with E-state index in [1.54, 1.807) is 10.6 Å². The number of fused-ring (bicyclic) bond motifs is 1. The molecule has 94 valence electrons. The summed E-state index contributed by atoms with van der Waals surface area (Å²) in [4.78, 5) is 12.1. The second-order valence-electron chi connectivity index (χ2n) is 4.47. The van der Waals surface area contributed by atoms with Crippen LogP contribution in [0.4, 0.5) is 0 Å². The van der Waals surface area contributed by atoms with Gasteiger partial charge >= 0.3 is 0 Å². The van der Waals surface area contributed by atoms with Gasteiger partial charge < -0.3 is 4.57 Å². The molecule has 0 N–H and O–H groups in total. The summed E-state index contributed by atoms with van der Waals surface area (Å²) in [5.74, 6) is 0. The molecule has 3 aromatic rings. The molecule has 3 rings (SSSR count). The molecule has 0 atom stereocenters. The van der Waals surface area contributed by atoms with E-state index in [2.05, 4.69) is 0 Å². The lowest BCUT2D eigenvalue weighted by Crippen LogP contribution is -2.19. The molecular weight excluding hydrogens is 258 g/mol. The molecule has 0 saturated heterocycles. The largest absolute Gasteiger partial charge is 0.310 e. The molecule has 0 aliphatic heterocycles. The average Bonchev–Trinajstić information content (AvgIpc) is 2.42. The van der Waals surface area contributed by atoms with Crippen molar-refractivity contribution < 1.29 is 0 Å². The molecule has 19 heavy (non-hydrogen) atoms. The normalized spacial score (nSPS) is 10.8. The molecule has 1 aromatic heterocycles. The Balaban J connectivity index is 2.12. The first-order valence-electron chi connectivity index (χ1n) is 6.07. The number of hydrogen-bond donors (Lipinski definition) is 0. The summed E-state index contributed by atoms with van der Waals surface area (Å²) < 4.78 is 1.68. The van der Waals surface area contributed by atoms with Crippen molar-refractivity contribution in [1.29, 1.82) is 0 Å². The van der Waals surface area contributed by atoms with Gasteiger partial charge in [-0.2, -0.15) is 0 Å². The summed E-state index contributed by atoms with van der Waals surface area (Å²) in [5.41, 5.74) is 1.08. The van der Waals surface area contributed by atoms with Gasteiger partial charge in [-0.15, -0.1) is 0 Å². The van der Waals surface area contributed by atoms with Crippen LogP contribution in [0.5, 0.6) is 0 Å². The Morgan fingerprint density at radius 2 is 1.79 bits per heavy atom. The first-order chi connectivity index (χ1) is 9.24. The molecule has 2 aromatic carbocycles. The van der Waals surface area contributed by atoms with Crippen LogP contribution in [-0.2, 0) is 6.54 Å². The Kier molecular flexibility index (Phi) is 3.10. The fourth-order valence-corrected chi connectivity index (χ4v) is 2.39. The minimum Gasteiger partial charge on any atom is -0.310 e. The Hall–Kier alpha value is -2.06. The standard InChI is InChI=1S/C16H12ClNO/c17-15-8-4-7-13-9-16(19)18(11-14(13)15)10-12-5-2-1-3-6-12/h1-9,11H,10H2. The van der Waals surface area contributed by atoms with Gasteiger partial charge in [0.05, 0.1) is 6.54 Å². The minimum absolute atomic E-state index is 0.0152. The summed E-state index contributed by atoms with van der Waals surface area (Å²) in [6.07, 6.45) is 1.83. The number of benzene rings is 2. The molecule has 0 spiro atoms. The predicted octanol–water partition coefficient (Wildman–Crippen LogP) is 3.70. The molecular formula is C16H12ClNO. The number of rotatable bonds is 2. The highest BCUT2D eigenvalue weighted by Crippen LogP contribution is 2.21. The number of nitrogens with zero attached hydrogens (tertiary/aromatic N) is 1.